The molecule has 0 saturated heterocycles. The highest BCUT2D eigenvalue weighted by atomic mass is 35.5. The minimum absolute atomic E-state index is 0.0484. The van der Waals surface area contributed by atoms with Crippen molar-refractivity contribution in [3.05, 3.63) is 22.5 Å². The molecular formula is C9H6ClN5O. The number of fused-ring (bicyclic) bond motifs is 1. The van der Waals surface area contributed by atoms with Crippen LogP contribution in [0.15, 0.2) is 6.07 Å². The number of aromatic nitrogens is 2. The topological polar surface area (TPSA) is 122 Å². The van der Waals surface area contributed by atoms with Gasteiger partial charge in [0.05, 0.1) is 11.3 Å². The van der Waals surface area contributed by atoms with Gasteiger partial charge in [-0.2, -0.15) is 5.26 Å². The zero-order valence-electron chi connectivity index (χ0n) is 7.91. The van der Waals surface area contributed by atoms with Crippen molar-refractivity contribution in [2.45, 2.75) is 0 Å². The van der Waals surface area contributed by atoms with Crippen molar-refractivity contribution in [1.29, 1.82) is 5.26 Å². The number of nitrogens with two attached hydrogens (primary N) is 2. The highest BCUT2D eigenvalue weighted by Crippen LogP contribution is 2.26. The van der Waals surface area contributed by atoms with Gasteiger partial charge in [-0.05, 0) is 6.07 Å². The average molecular weight is 236 g/mol. The minimum atomic E-state index is -0.690. The Bertz CT molecular complexity index is 639. The van der Waals surface area contributed by atoms with E-state index in [0.29, 0.717) is 11.0 Å². The van der Waals surface area contributed by atoms with E-state index < -0.39 is 5.91 Å². The second-order valence-corrected chi connectivity index (χ2v) is 3.47. The fourth-order valence-corrected chi connectivity index (χ4v) is 1.57. The SMILES string of the molecule is N#Cc1cc2c(N)c(C(N)=O)[nH]c2nc1Cl. The lowest BCUT2D eigenvalue weighted by atomic mass is 10.2. The molecule has 0 aliphatic rings. The molecule has 5 N–H and O–H groups in total. The Hall–Kier alpha value is -2.26. The third-order valence-electron chi connectivity index (χ3n) is 2.15. The molecule has 80 valence electrons. The van der Waals surface area contributed by atoms with Crippen molar-refractivity contribution in [1.82, 2.24) is 9.97 Å². The molecule has 0 radical (unpaired) electrons. The molecule has 7 heteroatoms. The van der Waals surface area contributed by atoms with Crippen LogP contribution in [0.25, 0.3) is 11.0 Å². The average Bonchev–Trinajstić information content (AvgIpc) is 2.54. The fourth-order valence-electron chi connectivity index (χ4n) is 1.38. The number of H-pyrrole nitrogens is 1. The maximum absolute atomic E-state index is 11.0. The molecule has 0 aliphatic heterocycles. The van der Waals surface area contributed by atoms with Gasteiger partial charge in [-0.3, -0.25) is 4.79 Å². The Balaban J connectivity index is 2.84. The van der Waals surface area contributed by atoms with Gasteiger partial charge in [-0.15, -0.1) is 0 Å². The molecule has 1 amide bonds. The van der Waals surface area contributed by atoms with E-state index in [0.717, 1.165) is 0 Å². The summed E-state index contributed by atoms with van der Waals surface area (Å²) in [6.45, 7) is 0. The Morgan fingerprint density at radius 1 is 1.62 bits per heavy atom. The first-order chi connectivity index (χ1) is 7.54. The molecule has 2 aromatic rings. The number of rotatable bonds is 1. The molecule has 16 heavy (non-hydrogen) atoms. The van der Waals surface area contributed by atoms with Crippen LogP contribution in [0, 0.1) is 11.3 Å². The summed E-state index contributed by atoms with van der Waals surface area (Å²) < 4.78 is 0. The standard InChI is InChI=1S/C9H6ClN5O/c10-7-3(2-11)1-4-5(12)6(8(13)16)14-9(4)15-7/h1H,12H2,(H2,13,16)(H,14,15). The largest absolute Gasteiger partial charge is 0.396 e. The molecule has 0 aliphatic carbocycles. The number of nitrogens with zero attached hydrogens (tertiary/aromatic N) is 2. The summed E-state index contributed by atoms with van der Waals surface area (Å²) in [5.74, 6) is -0.690. The second kappa shape index (κ2) is 3.40. The monoisotopic (exact) mass is 235 g/mol. The van der Waals surface area contributed by atoms with Gasteiger partial charge >= 0.3 is 0 Å². The summed E-state index contributed by atoms with van der Waals surface area (Å²) in [5.41, 5.74) is 11.6. The Labute approximate surface area is 94.8 Å². The molecule has 0 unspecified atom stereocenters. The van der Waals surface area contributed by atoms with Crippen molar-refractivity contribution >= 4 is 34.2 Å². The Morgan fingerprint density at radius 3 is 2.88 bits per heavy atom. The van der Waals surface area contributed by atoms with E-state index in [4.69, 9.17) is 28.3 Å². The summed E-state index contributed by atoms with van der Waals surface area (Å²) in [5, 5.41) is 9.27. The predicted molar refractivity (Wildman–Crippen MR) is 58.7 cm³/mol. The normalized spacial score (nSPS) is 10.2. The number of nitriles is 1. The number of amides is 1. The van der Waals surface area contributed by atoms with Crippen molar-refractivity contribution in [3.63, 3.8) is 0 Å². The van der Waals surface area contributed by atoms with E-state index in [-0.39, 0.29) is 22.1 Å². The number of hydrogen-bond acceptors (Lipinski definition) is 4. The van der Waals surface area contributed by atoms with Gasteiger partial charge in [0.25, 0.3) is 5.91 Å². The van der Waals surface area contributed by atoms with Crippen LogP contribution >= 0.6 is 11.6 Å². The summed E-state index contributed by atoms with van der Waals surface area (Å²) in [6.07, 6.45) is 0. The lowest BCUT2D eigenvalue weighted by Crippen LogP contribution is -2.13. The third kappa shape index (κ3) is 1.34. The number of pyridine rings is 1. The molecule has 0 fully saturated rings. The molecule has 6 nitrogen and oxygen atoms in total. The van der Waals surface area contributed by atoms with E-state index in [2.05, 4.69) is 9.97 Å². The predicted octanol–water partition coefficient (Wildman–Crippen LogP) is 0.769. The summed E-state index contributed by atoms with van der Waals surface area (Å²) in [4.78, 5) is 17.6. The van der Waals surface area contributed by atoms with E-state index in [9.17, 15) is 4.79 Å². The minimum Gasteiger partial charge on any atom is -0.396 e. The lowest BCUT2D eigenvalue weighted by Gasteiger charge is -1.95. The number of nitrogens with one attached hydrogen (secondary N) is 1. The first kappa shape index (κ1) is 10.3. The van der Waals surface area contributed by atoms with Gasteiger partial charge < -0.3 is 16.5 Å². The van der Waals surface area contributed by atoms with E-state index in [1.165, 1.54) is 6.07 Å². The molecular weight excluding hydrogens is 230 g/mol. The van der Waals surface area contributed by atoms with Crippen LogP contribution in [0.3, 0.4) is 0 Å². The molecule has 0 bridgehead atoms. The molecule has 2 heterocycles. The van der Waals surface area contributed by atoms with Gasteiger partial charge in [0, 0.05) is 5.39 Å². The van der Waals surface area contributed by atoms with Gasteiger partial charge in [-0.1, -0.05) is 11.6 Å². The second-order valence-electron chi connectivity index (χ2n) is 3.11. The fraction of sp³-hybridized carbons (Fsp3) is 0. The molecule has 0 spiro atoms. The molecule has 0 saturated carbocycles. The van der Waals surface area contributed by atoms with Crippen molar-refractivity contribution < 1.29 is 4.79 Å². The van der Waals surface area contributed by atoms with Crippen molar-refractivity contribution in [2.75, 3.05) is 5.73 Å². The number of carbonyl (C=O) groups excluding carboxylic acids is 1. The molecule has 2 aromatic heterocycles. The van der Waals surface area contributed by atoms with Crippen LogP contribution in [0.5, 0.6) is 0 Å². The highest BCUT2D eigenvalue weighted by Gasteiger charge is 2.15. The van der Waals surface area contributed by atoms with E-state index in [1.54, 1.807) is 0 Å². The number of anilines is 1. The number of nitrogen functional groups attached to an aromatic ring is 1. The van der Waals surface area contributed by atoms with Gasteiger partial charge in [-0.25, -0.2) is 4.98 Å². The van der Waals surface area contributed by atoms with Gasteiger partial charge in [0.1, 0.15) is 22.6 Å². The first-order valence-corrected chi connectivity index (χ1v) is 4.60. The van der Waals surface area contributed by atoms with Crippen molar-refractivity contribution in [2.24, 2.45) is 5.73 Å². The zero-order valence-corrected chi connectivity index (χ0v) is 8.67. The quantitative estimate of drug-likeness (QED) is 0.632. The van der Waals surface area contributed by atoms with Gasteiger partial charge in [0.15, 0.2) is 0 Å². The van der Waals surface area contributed by atoms with Crippen LogP contribution < -0.4 is 11.5 Å². The number of primary amides is 1. The summed E-state index contributed by atoms with van der Waals surface area (Å²) in [6, 6.07) is 3.33. The molecule has 0 aromatic carbocycles. The zero-order chi connectivity index (χ0) is 11.9. The van der Waals surface area contributed by atoms with E-state index in [1.807, 2.05) is 6.07 Å². The number of hydrogen-bond donors (Lipinski definition) is 3. The van der Waals surface area contributed by atoms with Crippen LogP contribution in [0.1, 0.15) is 16.1 Å². The number of carbonyl (C=O) groups is 1. The number of halogens is 1. The maximum Gasteiger partial charge on any atom is 0.267 e. The summed E-state index contributed by atoms with van der Waals surface area (Å²) in [7, 11) is 0. The van der Waals surface area contributed by atoms with Gasteiger partial charge in [0.2, 0.25) is 0 Å². The van der Waals surface area contributed by atoms with Crippen molar-refractivity contribution in [3.8, 4) is 6.07 Å². The Morgan fingerprint density at radius 2 is 2.31 bits per heavy atom. The third-order valence-corrected chi connectivity index (χ3v) is 2.43. The lowest BCUT2D eigenvalue weighted by molar-refractivity contribution is 0.0997. The van der Waals surface area contributed by atoms with E-state index >= 15 is 0 Å². The van der Waals surface area contributed by atoms with Crippen LogP contribution in [0.4, 0.5) is 5.69 Å². The summed E-state index contributed by atoms with van der Waals surface area (Å²) >= 11 is 5.73. The maximum atomic E-state index is 11.0. The van der Waals surface area contributed by atoms with Crippen LogP contribution in [0.2, 0.25) is 5.15 Å². The highest BCUT2D eigenvalue weighted by molar-refractivity contribution is 6.31. The number of aromatic amines is 1. The molecule has 0 atom stereocenters. The molecule has 2 rings (SSSR count). The van der Waals surface area contributed by atoms with Crippen LogP contribution in [-0.4, -0.2) is 15.9 Å². The van der Waals surface area contributed by atoms with Crippen LogP contribution in [-0.2, 0) is 0 Å². The smallest absolute Gasteiger partial charge is 0.267 e. The first-order valence-electron chi connectivity index (χ1n) is 4.22. The Kier molecular flexibility index (Phi) is 2.18.